The Morgan fingerprint density at radius 2 is 2.04 bits per heavy atom. The first-order chi connectivity index (χ1) is 13.1. The maximum atomic E-state index is 13.8. The number of aliphatic imine (C=N–C) groups is 1. The van der Waals surface area contributed by atoms with Crippen molar-refractivity contribution in [3.05, 3.63) is 64.1 Å². The second-order valence-corrected chi connectivity index (χ2v) is 7.18. The number of hydrogen-bond acceptors (Lipinski definition) is 2. The first kappa shape index (κ1) is 19.4. The molecular weight excluding hydrogens is 409 g/mol. The average Bonchev–Trinajstić information content (AvgIpc) is 2.99. The molecule has 2 aromatic carbocycles. The van der Waals surface area contributed by atoms with Crippen LogP contribution in [0.3, 0.4) is 0 Å². The highest BCUT2D eigenvalue weighted by Gasteiger charge is 2.08. The molecule has 0 fully saturated rings. The topological polar surface area (TPSA) is 54.2 Å². The lowest BCUT2D eigenvalue weighted by Gasteiger charge is -2.12. The number of nitrogens with one attached hydrogen (secondary N) is 2. The Morgan fingerprint density at radius 1 is 1.22 bits per heavy atom. The number of halogens is 2. The van der Waals surface area contributed by atoms with Gasteiger partial charge in [0.2, 0.25) is 0 Å². The summed E-state index contributed by atoms with van der Waals surface area (Å²) in [5.41, 5.74) is 2.81. The molecule has 0 aliphatic heterocycles. The number of aromatic nitrogens is 2. The summed E-state index contributed by atoms with van der Waals surface area (Å²) in [4.78, 5) is 8.88. The monoisotopic (exact) mass is 431 g/mol. The van der Waals surface area contributed by atoms with Gasteiger partial charge in [0, 0.05) is 25.1 Å². The van der Waals surface area contributed by atoms with Crippen LogP contribution in [0, 0.1) is 5.82 Å². The molecule has 0 unspecified atom stereocenters. The molecule has 1 aromatic heterocycles. The van der Waals surface area contributed by atoms with Crippen molar-refractivity contribution in [1.29, 1.82) is 0 Å². The molecule has 2 N–H and O–H groups in total. The van der Waals surface area contributed by atoms with E-state index in [9.17, 15) is 4.39 Å². The molecule has 5 nitrogen and oxygen atoms in total. The molecule has 1 heterocycles. The number of rotatable bonds is 6. The molecule has 0 radical (unpaired) electrons. The van der Waals surface area contributed by atoms with Crippen molar-refractivity contribution >= 4 is 32.9 Å². The van der Waals surface area contributed by atoms with Crippen LogP contribution in [-0.2, 0) is 20.0 Å². The Hall–Kier alpha value is -2.41. The summed E-state index contributed by atoms with van der Waals surface area (Å²) in [7, 11) is 3.74. The Kier molecular flexibility index (Phi) is 6.45. The number of benzene rings is 2. The van der Waals surface area contributed by atoms with Gasteiger partial charge in [0.25, 0.3) is 0 Å². The standard InChI is InChI=1S/C20H23BrFN5/c1-23-20(24-11-5-6-14-9-10-15(21)12-16(14)22)25-13-19-26-17-7-3-4-8-18(17)27(19)2/h3-4,7-10,12H,5-6,11,13H2,1-2H3,(H2,23,24,25). The normalized spacial score (nSPS) is 11.8. The summed E-state index contributed by atoms with van der Waals surface area (Å²) in [6, 6.07) is 13.2. The predicted molar refractivity (Wildman–Crippen MR) is 111 cm³/mol. The van der Waals surface area contributed by atoms with Crippen molar-refractivity contribution in [2.45, 2.75) is 19.4 Å². The predicted octanol–water partition coefficient (Wildman–Crippen LogP) is 3.77. The van der Waals surface area contributed by atoms with Crippen molar-refractivity contribution < 1.29 is 4.39 Å². The summed E-state index contributed by atoms with van der Waals surface area (Å²) < 4.78 is 16.7. The van der Waals surface area contributed by atoms with E-state index in [-0.39, 0.29) is 5.82 Å². The highest BCUT2D eigenvalue weighted by Crippen LogP contribution is 2.16. The third-order valence-corrected chi connectivity index (χ3v) is 4.94. The van der Waals surface area contributed by atoms with Crippen molar-refractivity contribution in [2.24, 2.45) is 12.0 Å². The van der Waals surface area contributed by atoms with E-state index in [1.807, 2.05) is 37.4 Å². The van der Waals surface area contributed by atoms with Gasteiger partial charge in [0.1, 0.15) is 11.6 Å². The first-order valence-electron chi connectivity index (χ1n) is 8.87. The van der Waals surface area contributed by atoms with E-state index in [2.05, 4.69) is 47.2 Å². The van der Waals surface area contributed by atoms with Crippen LogP contribution >= 0.6 is 15.9 Å². The number of para-hydroxylation sites is 2. The minimum atomic E-state index is -0.172. The van der Waals surface area contributed by atoms with Gasteiger partial charge in [-0.15, -0.1) is 0 Å². The fourth-order valence-electron chi connectivity index (χ4n) is 2.95. The van der Waals surface area contributed by atoms with E-state index in [4.69, 9.17) is 0 Å². The molecule has 3 aromatic rings. The lowest BCUT2D eigenvalue weighted by molar-refractivity contribution is 0.601. The second kappa shape index (κ2) is 8.99. The van der Waals surface area contributed by atoms with Crippen molar-refractivity contribution in [1.82, 2.24) is 20.2 Å². The Balaban J connectivity index is 1.48. The van der Waals surface area contributed by atoms with Crippen molar-refractivity contribution in [3.63, 3.8) is 0 Å². The first-order valence-corrected chi connectivity index (χ1v) is 9.66. The van der Waals surface area contributed by atoms with Crippen LogP contribution in [0.25, 0.3) is 11.0 Å². The molecule has 0 aliphatic rings. The highest BCUT2D eigenvalue weighted by molar-refractivity contribution is 9.10. The quantitative estimate of drug-likeness (QED) is 0.354. The van der Waals surface area contributed by atoms with E-state index in [0.29, 0.717) is 25.5 Å². The third-order valence-electron chi connectivity index (χ3n) is 4.45. The molecule has 0 aliphatic carbocycles. The highest BCUT2D eigenvalue weighted by atomic mass is 79.9. The van der Waals surface area contributed by atoms with Crippen LogP contribution in [0.5, 0.6) is 0 Å². The van der Waals surface area contributed by atoms with Crippen LogP contribution in [0.15, 0.2) is 51.9 Å². The second-order valence-electron chi connectivity index (χ2n) is 6.27. The van der Waals surface area contributed by atoms with Gasteiger partial charge in [-0.3, -0.25) is 4.99 Å². The largest absolute Gasteiger partial charge is 0.356 e. The molecule has 7 heteroatoms. The molecule has 3 rings (SSSR count). The van der Waals surface area contributed by atoms with Gasteiger partial charge in [0.05, 0.1) is 17.6 Å². The summed E-state index contributed by atoms with van der Waals surface area (Å²) in [6.07, 6.45) is 1.49. The lowest BCUT2D eigenvalue weighted by atomic mass is 10.1. The van der Waals surface area contributed by atoms with Crippen LogP contribution in [0.1, 0.15) is 17.8 Å². The maximum Gasteiger partial charge on any atom is 0.191 e. The van der Waals surface area contributed by atoms with Gasteiger partial charge in [0.15, 0.2) is 5.96 Å². The van der Waals surface area contributed by atoms with E-state index in [0.717, 1.165) is 33.3 Å². The van der Waals surface area contributed by atoms with Crippen molar-refractivity contribution in [2.75, 3.05) is 13.6 Å². The zero-order valence-electron chi connectivity index (χ0n) is 15.5. The van der Waals surface area contributed by atoms with Crippen LogP contribution < -0.4 is 10.6 Å². The molecule has 0 saturated carbocycles. The molecular formula is C20H23BrFN5. The SMILES string of the molecule is CN=C(NCCCc1ccc(Br)cc1F)NCc1nc2ccccc2n1C. The Morgan fingerprint density at radius 3 is 2.78 bits per heavy atom. The van der Waals surface area contributed by atoms with Gasteiger partial charge in [-0.25, -0.2) is 9.37 Å². The molecule has 0 amide bonds. The molecule has 0 saturated heterocycles. The third kappa shape index (κ3) is 4.86. The van der Waals surface area contributed by atoms with Gasteiger partial charge in [-0.05, 0) is 42.7 Å². The lowest BCUT2D eigenvalue weighted by Crippen LogP contribution is -2.37. The van der Waals surface area contributed by atoms with E-state index in [1.54, 1.807) is 7.05 Å². The van der Waals surface area contributed by atoms with Crippen LogP contribution in [0.4, 0.5) is 4.39 Å². The van der Waals surface area contributed by atoms with Crippen LogP contribution in [-0.4, -0.2) is 29.1 Å². The molecule has 0 bridgehead atoms. The fourth-order valence-corrected chi connectivity index (χ4v) is 3.28. The van der Waals surface area contributed by atoms with Gasteiger partial charge in [-0.1, -0.05) is 34.1 Å². The zero-order valence-corrected chi connectivity index (χ0v) is 17.1. The van der Waals surface area contributed by atoms with Crippen molar-refractivity contribution in [3.8, 4) is 0 Å². The molecule has 142 valence electrons. The fraction of sp³-hybridized carbons (Fsp3) is 0.300. The Bertz CT molecular complexity index is 951. The number of aryl methyl sites for hydroxylation is 2. The number of hydrogen-bond donors (Lipinski definition) is 2. The van der Waals surface area contributed by atoms with E-state index in [1.165, 1.54) is 6.07 Å². The van der Waals surface area contributed by atoms with Gasteiger partial charge in [-0.2, -0.15) is 0 Å². The molecule has 0 atom stereocenters. The zero-order chi connectivity index (χ0) is 19.2. The van der Waals surface area contributed by atoms with Gasteiger partial charge >= 0.3 is 0 Å². The summed E-state index contributed by atoms with van der Waals surface area (Å²) in [5.74, 6) is 1.48. The summed E-state index contributed by atoms with van der Waals surface area (Å²) in [5, 5.41) is 6.54. The minimum Gasteiger partial charge on any atom is -0.356 e. The minimum absolute atomic E-state index is 0.172. The van der Waals surface area contributed by atoms with E-state index >= 15 is 0 Å². The number of imidazole rings is 1. The molecule has 0 spiro atoms. The maximum absolute atomic E-state index is 13.8. The van der Waals surface area contributed by atoms with Crippen LogP contribution in [0.2, 0.25) is 0 Å². The Labute approximate surface area is 166 Å². The van der Waals surface area contributed by atoms with E-state index < -0.39 is 0 Å². The summed E-state index contributed by atoms with van der Waals surface area (Å²) in [6.45, 7) is 1.28. The number of guanidine groups is 1. The number of fused-ring (bicyclic) bond motifs is 1. The van der Waals surface area contributed by atoms with Gasteiger partial charge < -0.3 is 15.2 Å². The average molecular weight is 432 g/mol. The number of nitrogens with zero attached hydrogens (tertiary/aromatic N) is 3. The smallest absolute Gasteiger partial charge is 0.191 e. The summed E-state index contributed by atoms with van der Waals surface area (Å²) >= 11 is 3.28. The molecule has 27 heavy (non-hydrogen) atoms.